The highest BCUT2D eigenvalue weighted by atomic mass is 16.5. The average molecular weight is 383 g/mol. The Labute approximate surface area is 163 Å². The molecule has 2 fully saturated rings. The summed E-state index contributed by atoms with van der Waals surface area (Å²) in [6, 6.07) is 7.56. The summed E-state index contributed by atoms with van der Waals surface area (Å²) in [4.78, 5) is 26.1. The first kappa shape index (κ1) is 18.5. The monoisotopic (exact) mass is 383 g/mol. The van der Waals surface area contributed by atoms with Gasteiger partial charge >= 0.3 is 5.97 Å². The van der Waals surface area contributed by atoms with E-state index in [1.807, 2.05) is 29.2 Å². The van der Waals surface area contributed by atoms with Crippen molar-refractivity contribution in [1.29, 1.82) is 0 Å². The van der Waals surface area contributed by atoms with E-state index in [1.54, 1.807) is 11.6 Å². The van der Waals surface area contributed by atoms with Crippen molar-refractivity contribution in [1.82, 2.24) is 14.7 Å². The third-order valence-electron chi connectivity index (χ3n) is 5.66. The number of likely N-dealkylation sites (tertiary alicyclic amines) is 1. The summed E-state index contributed by atoms with van der Waals surface area (Å²) >= 11 is 0. The lowest BCUT2D eigenvalue weighted by Gasteiger charge is -2.33. The van der Waals surface area contributed by atoms with Crippen LogP contribution in [0.1, 0.15) is 58.1 Å². The van der Waals surface area contributed by atoms with E-state index >= 15 is 0 Å². The van der Waals surface area contributed by atoms with Gasteiger partial charge in [0, 0.05) is 13.1 Å². The molecule has 1 saturated carbocycles. The van der Waals surface area contributed by atoms with Gasteiger partial charge in [0.1, 0.15) is 11.3 Å². The fourth-order valence-electron chi connectivity index (χ4n) is 3.75. The number of carbonyl (C=O) groups is 2. The van der Waals surface area contributed by atoms with Crippen molar-refractivity contribution < 1.29 is 19.4 Å². The SMILES string of the molecule is Cc1c(C(=O)O)cnn1C1CCN(C(=O)c2ccccc2OCC2CC2)CC1. The molecule has 2 aliphatic rings. The topological polar surface area (TPSA) is 84.7 Å². The molecule has 1 aliphatic heterocycles. The lowest BCUT2D eigenvalue weighted by Crippen LogP contribution is -2.39. The Bertz CT molecular complexity index is 880. The van der Waals surface area contributed by atoms with Crippen molar-refractivity contribution in [3.63, 3.8) is 0 Å². The van der Waals surface area contributed by atoms with Gasteiger partial charge in [-0.3, -0.25) is 9.48 Å². The molecule has 0 atom stereocenters. The number of amides is 1. The van der Waals surface area contributed by atoms with Gasteiger partial charge in [0.05, 0.1) is 30.1 Å². The Morgan fingerprint density at radius 2 is 1.86 bits per heavy atom. The van der Waals surface area contributed by atoms with Crippen molar-refractivity contribution in [3.8, 4) is 5.75 Å². The minimum Gasteiger partial charge on any atom is -0.492 e. The number of aromatic nitrogens is 2. The van der Waals surface area contributed by atoms with Crippen molar-refractivity contribution in [2.75, 3.05) is 19.7 Å². The van der Waals surface area contributed by atoms with Gasteiger partial charge in [0.2, 0.25) is 0 Å². The molecule has 1 aliphatic carbocycles. The molecule has 0 radical (unpaired) electrons. The Balaban J connectivity index is 1.41. The zero-order valence-electron chi connectivity index (χ0n) is 16.0. The van der Waals surface area contributed by atoms with Gasteiger partial charge in [-0.05, 0) is 50.7 Å². The molecule has 0 unspecified atom stereocenters. The van der Waals surface area contributed by atoms with Crippen molar-refractivity contribution >= 4 is 11.9 Å². The van der Waals surface area contributed by atoms with Crippen LogP contribution < -0.4 is 4.74 Å². The number of hydrogen-bond donors (Lipinski definition) is 1. The first-order valence-corrected chi connectivity index (χ1v) is 9.83. The average Bonchev–Trinajstić information content (AvgIpc) is 3.46. The number of carbonyl (C=O) groups excluding carboxylic acids is 1. The second-order valence-corrected chi connectivity index (χ2v) is 7.67. The lowest BCUT2D eigenvalue weighted by molar-refractivity contribution is 0.0683. The second-order valence-electron chi connectivity index (χ2n) is 7.67. The zero-order valence-corrected chi connectivity index (χ0v) is 16.0. The summed E-state index contributed by atoms with van der Waals surface area (Å²) in [5, 5.41) is 13.5. The van der Waals surface area contributed by atoms with Crippen LogP contribution in [0.5, 0.6) is 5.75 Å². The van der Waals surface area contributed by atoms with Gasteiger partial charge in [-0.2, -0.15) is 5.10 Å². The molecule has 0 spiro atoms. The maximum absolute atomic E-state index is 13.0. The minimum atomic E-state index is -0.959. The van der Waals surface area contributed by atoms with Crippen LogP contribution in [0.3, 0.4) is 0 Å². The molecule has 7 heteroatoms. The van der Waals surface area contributed by atoms with E-state index in [0.717, 1.165) is 12.8 Å². The van der Waals surface area contributed by atoms with E-state index in [2.05, 4.69) is 5.10 Å². The van der Waals surface area contributed by atoms with Crippen LogP contribution in [0, 0.1) is 12.8 Å². The molecule has 1 aromatic carbocycles. The number of benzene rings is 1. The van der Waals surface area contributed by atoms with E-state index in [-0.39, 0.29) is 17.5 Å². The lowest BCUT2D eigenvalue weighted by atomic mass is 10.0. The van der Waals surface area contributed by atoms with Gasteiger partial charge in [0.25, 0.3) is 5.91 Å². The first-order chi connectivity index (χ1) is 13.5. The normalized spacial score (nSPS) is 17.5. The van der Waals surface area contributed by atoms with Gasteiger partial charge in [-0.1, -0.05) is 12.1 Å². The summed E-state index contributed by atoms with van der Waals surface area (Å²) in [7, 11) is 0. The molecule has 1 saturated heterocycles. The van der Waals surface area contributed by atoms with Gasteiger partial charge in [-0.25, -0.2) is 4.79 Å². The standard InChI is InChI=1S/C21H25N3O4/c1-14-18(21(26)27)12-22-24(14)16-8-10-23(11-9-16)20(25)17-4-2-3-5-19(17)28-13-15-6-7-15/h2-5,12,15-16H,6-11,13H2,1H3,(H,26,27). The number of rotatable bonds is 6. The number of hydrogen-bond acceptors (Lipinski definition) is 4. The highest BCUT2D eigenvalue weighted by Crippen LogP contribution is 2.31. The number of carboxylic acid groups (broad SMARTS) is 1. The predicted octanol–water partition coefficient (Wildman–Crippen LogP) is 3.16. The van der Waals surface area contributed by atoms with Crippen molar-refractivity contribution in [2.45, 2.75) is 38.6 Å². The minimum absolute atomic E-state index is 0.00624. The molecule has 1 N–H and O–H groups in total. The van der Waals surface area contributed by atoms with Crippen LogP contribution in [-0.2, 0) is 0 Å². The number of ether oxygens (including phenoxy) is 1. The number of aromatic carboxylic acids is 1. The van der Waals surface area contributed by atoms with Crippen LogP contribution >= 0.6 is 0 Å². The van der Waals surface area contributed by atoms with Crippen LogP contribution in [0.4, 0.5) is 0 Å². The highest BCUT2D eigenvalue weighted by Gasteiger charge is 2.29. The maximum Gasteiger partial charge on any atom is 0.339 e. The molecular formula is C21H25N3O4. The van der Waals surface area contributed by atoms with E-state index < -0.39 is 5.97 Å². The van der Waals surface area contributed by atoms with Crippen LogP contribution in [0.2, 0.25) is 0 Å². The van der Waals surface area contributed by atoms with Crippen LogP contribution in [0.15, 0.2) is 30.5 Å². The van der Waals surface area contributed by atoms with E-state index in [9.17, 15) is 14.7 Å². The Morgan fingerprint density at radius 3 is 2.50 bits per heavy atom. The van der Waals surface area contributed by atoms with E-state index in [4.69, 9.17) is 4.74 Å². The third kappa shape index (κ3) is 3.74. The smallest absolute Gasteiger partial charge is 0.339 e. The number of piperidine rings is 1. The maximum atomic E-state index is 13.0. The molecule has 2 aromatic rings. The van der Waals surface area contributed by atoms with Gasteiger partial charge in [0.15, 0.2) is 0 Å². The fraction of sp³-hybridized carbons (Fsp3) is 0.476. The van der Waals surface area contributed by atoms with Gasteiger partial charge < -0.3 is 14.7 Å². The van der Waals surface area contributed by atoms with Crippen molar-refractivity contribution in [3.05, 3.63) is 47.3 Å². The summed E-state index contributed by atoms with van der Waals surface area (Å²) in [6.45, 7) is 3.68. The number of para-hydroxylation sites is 1. The van der Waals surface area contributed by atoms with Crippen molar-refractivity contribution in [2.24, 2.45) is 5.92 Å². The van der Waals surface area contributed by atoms with Crippen LogP contribution in [0.25, 0.3) is 0 Å². The fourth-order valence-corrected chi connectivity index (χ4v) is 3.75. The molecule has 4 rings (SSSR count). The zero-order chi connectivity index (χ0) is 19.7. The van der Waals surface area contributed by atoms with Crippen LogP contribution in [-0.4, -0.2) is 51.4 Å². The Morgan fingerprint density at radius 1 is 1.14 bits per heavy atom. The quantitative estimate of drug-likeness (QED) is 0.828. The highest BCUT2D eigenvalue weighted by molar-refractivity contribution is 5.97. The summed E-state index contributed by atoms with van der Waals surface area (Å²) in [6.07, 6.45) is 5.32. The molecule has 1 amide bonds. The molecule has 0 bridgehead atoms. The molecule has 1 aromatic heterocycles. The van der Waals surface area contributed by atoms with E-state index in [0.29, 0.717) is 42.6 Å². The first-order valence-electron chi connectivity index (χ1n) is 9.83. The molecular weight excluding hydrogens is 358 g/mol. The van der Waals surface area contributed by atoms with Gasteiger partial charge in [-0.15, -0.1) is 0 Å². The van der Waals surface area contributed by atoms with E-state index in [1.165, 1.54) is 19.0 Å². The largest absolute Gasteiger partial charge is 0.492 e. The molecule has 7 nitrogen and oxygen atoms in total. The Kier molecular flexibility index (Phi) is 5.07. The second kappa shape index (κ2) is 7.66. The summed E-state index contributed by atoms with van der Waals surface area (Å²) < 4.78 is 7.68. The molecule has 28 heavy (non-hydrogen) atoms. The third-order valence-corrected chi connectivity index (χ3v) is 5.66. The molecule has 2 heterocycles. The Hall–Kier alpha value is -2.83. The number of carboxylic acids is 1. The summed E-state index contributed by atoms with van der Waals surface area (Å²) in [5.41, 5.74) is 1.52. The number of nitrogens with zero attached hydrogens (tertiary/aromatic N) is 3. The summed E-state index contributed by atoms with van der Waals surface area (Å²) in [5.74, 6) is 0.329. The molecule has 148 valence electrons. The predicted molar refractivity (Wildman–Crippen MR) is 103 cm³/mol.